The van der Waals surface area contributed by atoms with Crippen LogP contribution in [0.25, 0.3) is 0 Å². The molecular weight excluding hydrogens is 552 g/mol. The molecule has 1 heterocycles. The van der Waals surface area contributed by atoms with Gasteiger partial charge in [-0.2, -0.15) is 0 Å². The molecule has 0 radical (unpaired) electrons. The second-order valence-corrected chi connectivity index (χ2v) is 11.2. The molecule has 1 aliphatic heterocycles. The number of nitrogens with one attached hydrogen (secondary N) is 4. The number of guanidine groups is 1. The predicted molar refractivity (Wildman–Crippen MR) is 150 cm³/mol. The van der Waals surface area contributed by atoms with Gasteiger partial charge in [-0.25, -0.2) is 14.4 Å². The van der Waals surface area contributed by atoms with Crippen LogP contribution in [0, 0.1) is 0 Å². The fourth-order valence-electron chi connectivity index (χ4n) is 3.39. The van der Waals surface area contributed by atoms with Crippen molar-refractivity contribution in [1.82, 2.24) is 26.2 Å². The van der Waals surface area contributed by atoms with E-state index >= 15 is 0 Å². The molecule has 1 aliphatic rings. The minimum atomic E-state index is -0.887. The molecule has 1 unspecified atom stereocenters. The largest absolute Gasteiger partial charge is 0.445 e. The lowest BCUT2D eigenvalue weighted by Gasteiger charge is -2.21. The second-order valence-electron chi connectivity index (χ2n) is 11.2. The highest BCUT2D eigenvalue weighted by atomic mass is 16.6. The van der Waals surface area contributed by atoms with Crippen LogP contribution in [0.1, 0.15) is 53.5 Å². The molecule has 4 N–H and O–H groups in total. The van der Waals surface area contributed by atoms with Gasteiger partial charge in [0.2, 0.25) is 11.8 Å². The van der Waals surface area contributed by atoms with Crippen molar-refractivity contribution in [3.8, 4) is 0 Å². The number of rotatable bonds is 9. The number of likely N-dealkylation sites (tertiary alicyclic amines) is 1. The molecule has 0 saturated carbocycles. The number of hydrogen-bond donors (Lipinski definition) is 4. The van der Waals surface area contributed by atoms with Crippen molar-refractivity contribution >= 4 is 36.1 Å². The van der Waals surface area contributed by atoms with Gasteiger partial charge in [0, 0.05) is 6.54 Å². The Hall–Kier alpha value is -4.56. The molecule has 15 nitrogen and oxygen atoms in total. The Balaban J connectivity index is 1.76. The maximum Gasteiger partial charge on any atom is 0.414 e. The van der Waals surface area contributed by atoms with Crippen molar-refractivity contribution in [1.29, 1.82) is 0 Å². The minimum absolute atomic E-state index is 0.00398. The van der Waals surface area contributed by atoms with Crippen LogP contribution >= 0.6 is 0 Å². The minimum Gasteiger partial charge on any atom is -0.445 e. The lowest BCUT2D eigenvalue weighted by molar-refractivity contribution is -0.134. The van der Waals surface area contributed by atoms with Crippen molar-refractivity contribution in [2.75, 3.05) is 26.2 Å². The number of carbonyl (C=O) groups is 5. The molecular formula is C27H40N6O9. The highest BCUT2D eigenvalue weighted by molar-refractivity contribution is 6.01. The molecule has 0 bridgehead atoms. The van der Waals surface area contributed by atoms with E-state index in [9.17, 15) is 24.0 Å². The molecule has 42 heavy (non-hydrogen) atoms. The van der Waals surface area contributed by atoms with Crippen LogP contribution < -0.4 is 21.3 Å². The van der Waals surface area contributed by atoms with Crippen LogP contribution in [0.3, 0.4) is 0 Å². The van der Waals surface area contributed by atoms with Gasteiger partial charge in [0.1, 0.15) is 30.5 Å². The number of hydrogen-bond acceptors (Lipinski definition) is 10. The third kappa shape index (κ3) is 13.7. The molecule has 5 amide bonds. The summed E-state index contributed by atoms with van der Waals surface area (Å²) in [5, 5.41) is 13.3. The number of benzene rings is 1. The zero-order valence-corrected chi connectivity index (χ0v) is 24.8. The van der Waals surface area contributed by atoms with Gasteiger partial charge in [-0.15, -0.1) is 0 Å². The summed E-state index contributed by atoms with van der Waals surface area (Å²) in [6.07, 6.45) is -2.16. The number of ether oxygens (including phenoxy) is 3. The summed E-state index contributed by atoms with van der Waals surface area (Å²) in [4.78, 5) is 67.6. The van der Waals surface area contributed by atoms with E-state index in [1.54, 1.807) is 41.5 Å². The van der Waals surface area contributed by atoms with Crippen LogP contribution in [-0.4, -0.2) is 84.4 Å². The normalized spacial score (nSPS) is 14.8. The predicted octanol–water partition coefficient (Wildman–Crippen LogP) is 1.97. The second kappa shape index (κ2) is 15.4. The lowest BCUT2D eigenvalue weighted by atomic mass is 10.2. The molecule has 0 aromatic heterocycles. The van der Waals surface area contributed by atoms with Gasteiger partial charge in [-0.05, 0) is 58.7 Å². The Bertz CT molecular complexity index is 1100. The van der Waals surface area contributed by atoms with Crippen LogP contribution in [0.5, 0.6) is 0 Å². The molecule has 1 fully saturated rings. The topological polar surface area (TPSA) is 186 Å². The molecule has 0 aliphatic carbocycles. The third-order valence-electron chi connectivity index (χ3n) is 5.05. The van der Waals surface area contributed by atoms with Crippen molar-refractivity contribution in [2.45, 2.75) is 71.8 Å². The number of nitrogens with zero attached hydrogens (tertiary/aromatic N) is 2. The summed E-state index contributed by atoms with van der Waals surface area (Å²) < 4.78 is 15.4. The van der Waals surface area contributed by atoms with E-state index in [4.69, 9.17) is 19.0 Å². The first-order chi connectivity index (χ1) is 19.6. The van der Waals surface area contributed by atoms with Gasteiger partial charge in [0.05, 0.1) is 13.1 Å². The van der Waals surface area contributed by atoms with Crippen LogP contribution in [0.2, 0.25) is 0 Å². The van der Waals surface area contributed by atoms with E-state index in [0.29, 0.717) is 6.42 Å². The number of amides is 5. The smallest absolute Gasteiger partial charge is 0.414 e. The number of alkyl carbamates (subject to hydrolysis) is 3. The molecule has 232 valence electrons. The van der Waals surface area contributed by atoms with Crippen molar-refractivity contribution in [3.63, 3.8) is 0 Å². The van der Waals surface area contributed by atoms with Gasteiger partial charge < -0.3 is 34.6 Å². The van der Waals surface area contributed by atoms with Gasteiger partial charge in [0.25, 0.3) is 5.96 Å². The average molecular weight is 593 g/mol. The standard InChI is InChI=1S/C27H40N6O9/c1-26(2,3)41-24(37)30-22(31-25(38)42-27(4,5)6)32-40-15-13-28-20(34)16-33-14-12-19(21(33)35)29-23(36)39-17-18-10-8-7-9-11-18/h7-11,19H,12-17H2,1-6H3,(H,28,34)(H,29,36)(H2,30,31,32,37,38). The Morgan fingerprint density at radius 1 is 0.929 bits per heavy atom. The fourth-order valence-corrected chi connectivity index (χ4v) is 3.39. The van der Waals surface area contributed by atoms with Crippen LogP contribution in [0.4, 0.5) is 14.4 Å². The Morgan fingerprint density at radius 2 is 1.52 bits per heavy atom. The van der Waals surface area contributed by atoms with Gasteiger partial charge in [-0.1, -0.05) is 30.3 Å². The van der Waals surface area contributed by atoms with Gasteiger partial charge >= 0.3 is 18.3 Å². The maximum absolute atomic E-state index is 12.6. The Kier molecular flexibility index (Phi) is 12.4. The van der Waals surface area contributed by atoms with Crippen LogP contribution in [-0.2, 0) is 35.2 Å². The molecule has 1 aromatic carbocycles. The first-order valence-corrected chi connectivity index (χ1v) is 13.3. The summed E-state index contributed by atoms with van der Waals surface area (Å²) in [7, 11) is 0. The number of carbonyl (C=O) groups excluding carboxylic acids is 5. The molecule has 1 atom stereocenters. The highest BCUT2D eigenvalue weighted by Crippen LogP contribution is 2.12. The molecule has 1 saturated heterocycles. The Labute approximate surface area is 244 Å². The highest BCUT2D eigenvalue weighted by Gasteiger charge is 2.34. The SMILES string of the molecule is CC(C)(C)OC(=O)NC(=NOCCNC(=O)CN1CCC(NC(=O)OCc2ccccc2)C1=O)NC(=O)OC(C)(C)C. The van der Waals surface area contributed by atoms with E-state index in [0.717, 1.165) is 5.56 Å². The summed E-state index contributed by atoms with van der Waals surface area (Å²) >= 11 is 0. The average Bonchev–Trinajstić information content (AvgIpc) is 3.19. The van der Waals surface area contributed by atoms with Gasteiger partial charge in [0.15, 0.2) is 0 Å². The zero-order chi connectivity index (χ0) is 31.3. The zero-order valence-electron chi connectivity index (χ0n) is 24.8. The van der Waals surface area contributed by atoms with E-state index in [1.807, 2.05) is 30.3 Å². The van der Waals surface area contributed by atoms with Crippen LogP contribution in [0.15, 0.2) is 35.5 Å². The first-order valence-electron chi connectivity index (χ1n) is 13.3. The Morgan fingerprint density at radius 3 is 2.10 bits per heavy atom. The number of oxime groups is 1. The maximum atomic E-state index is 12.6. The van der Waals surface area contributed by atoms with E-state index in [-0.39, 0.29) is 38.8 Å². The van der Waals surface area contributed by atoms with Gasteiger partial charge in [-0.3, -0.25) is 20.2 Å². The van der Waals surface area contributed by atoms with E-state index in [2.05, 4.69) is 26.4 Å². The summed E-state index contributed by atoms with van der Waals surface area (Å²) in [6, 6.07) is 8.34. The summed E-state index contributed by atoms with van der Waals surface area (Å²) in [5.74, 6) is -1.23. The molecule has 1 aromatic rings. The summed E-state index contributed by atoms with van der Waals surface area (Å²) in [5.41, 5.74) is -0.789. The first kappa shape index (κ1) is 33.6. The van der Waals surface area contributed by atoms with Crippen molar-refractivity contribution in [2.24, 2.45) is 5.16 Å². The third-order valence-corrected chi connectivity index (χ3v) is 5.05. The molecule has 2 rings (SSSR count). The van der Waals surface area contributed by atoms with Crippen molar-refractivity contribution in [3.05, 3.63) is 35.9 Å². The fraction of sp³-hybridized carbons (Fsp3) is 0.556. The van der Waals surface area contributed by atoms with Crippen molar-refractivity contribution < 1.29 is 43.0 Å². The molecule has 15 heteroatoms. The monoisotopic (exact) mass is 592 g/mol. The summed E-state index contributed by atoms with van der Waals surface area (Å²) in [6.45, 7) is 9.99. The lowest BCUT2D eigenvalue weighted by Crippen LogP contribution is -2.47. The molecule has 0 spiro atoms. The quantitative estimate of drug-likeness (QED) is 0.109. The van der Waals surface area contributed by atoms with E-state index in [1.165, 1.54) is 4.90 Å². The van der Waals surface area contributed by atoms with E-state index < -0.39 is 47.3 Å².